The summed E-state index contributed by atoms with van der Waals surface area (Å²) in [5.74, 6) is -0.00563. The first kappa shape index (κ1) is 24.5. The van der Waals surface area contributed by atoms with Crippen LogP contribution in [-0.4, -0.2) is 59.1 Å². The van der Waals surface area contributed by atoms with E-state index in [0.29, 0.717) is 28.2 Å². The van der Waals surface area contributed by atoms with Gasteiger partial charge in [-0.1, -0.05) is 49.4 Å². The van der Waals surface area contributed by atoms with E-state index in [4.69, 9.17) is 4.98 Å². The minimum absolute atomic E-state index is 0.00319. The number of hydrogen-bond acceptors (Lipinski definition) is 6. The van der Waals surface area contributed by atoms with Crippen LogP contribution in [0.5, 0.6) is 0 Å². The molecular formula is C25H29N3O4S2. The van der Waals surface area contributed by atoms with Gasteiger partial charge in [0.15, 0.2) is 15.0 Å². The fourth-order valence-corrected chi connectivity index (χ4v) is 6.85. The number of para-hydroxylation sites is 1. The Kier molecular flexibility index (Phi) is 7.42. The molecule has 34 heavy (non-hydrogen) atoms. The summed E-state index contributed by atoms with van der Waals surface area (Å²) in [5, 5.41) is 0.951. The zero-order valence-electron chi connectivity index (χ0n) is 19.4. The Labute approximate surface area is 204 Å². The van der Waals surface area contributed by atoms with E-state index in [1.54, 1.807) is 23.7 Å². The predicted octanol–water partition coefficient (Wildman–Crippen LogP) is 3.47. The van der Waals surface area contributed by atoms with Crippen LogP contribution < -0.4 is 5.56 Å². The molecule has 1 saturated heterocycles. The van der Waals surface area contributed by atoms with Gasteiger partial charge >= 0.3 is 0 Å². The molecule has 1 aliphatic heterocycles. The number of aromatic nitrogens is 2. The van der Waals surface area contributed by atoms with Crippen molar-refractivity contribution in [3.05, 3.63) is 64.4 Å². The van der Waals surface area contributed by atoms with Crippen LogP contribution in [0.15, 0.2) is 58.5 Å². The average Bonchev–Trinajstić information content (AvgIpc) is 3.21. The van der Waals surface area contributed by atoms with Crippen LogP contribution in [0.2, 0.25) is 0 Å². The summed E-state index contributed by atoms with van der Waals surface area (Å²) in [6.07, 6.45) is 3.67. The fraction of sp³-hybridized carbons (Fsp3) is 0.400. The third kappa shape index (κ3) is 5.36. The number of amides is 1. The molecule has 4 rings (SSSR count). The summed E-state index contributed by atoms with van der Waals surface area (Å²) in [4.78, 5) is 32.5. The summed E-state index contributed by atoms with van der Waals surface area (Å²) < 4.78 is 25.2. The molecule has 1 unspecified atom stereocenters. The Morgan fingerprint density at radius 2 is 1.91 bits per heavy atom. The van der Waals surface area contributed by atoms with E-state index in [1.165, 1.54) is 22.2 Å². The number of thioether (sulfide) groups is 1. The van der Waals surface area contributed by atoms with Crippen molar-refractivity contribution in [2.24, 2.45) is 0 Å². The van der Waals surface area contributed by atoms with Gasteiger partial charge in [0.25, 0.3) is 5.56 Å². The number of sulfone groups is 1. The number of rotatable bonds is 8. The molecule has 1 amide bonds. The highest BCUT2D eigenvalue weighted by atomic mass is 32.2. The summed E-state index contributed by atoms with van der Waals surface area (Å²) in [6, 6.07) is 14.8. The lowest BCUT2D eigenvalue weighted by Gasteiger charge is -2.23. The number of fused-ring (bicyclic) bond motifs is 1. The predicted molar refractivity (Wildman–Crippen MR) is 137 cm³/mol. The van der Waals surface area contributed by atoms with Crippen LogP contribution in [0.3, 0.4) is 0 Å². The molecule has 0 saturated carbocycles. The van der Waals surface area contributed by atoms with E-state index >= 15 is 0 Å². The van der Waals surface area contributed by atoms with Gasteiger partial charge in [-0.15, -0.1) is 0 Å². The topological polar surface area (TPSA) is 89.3 Å². The maximum Gasteiger partial charge on any atom is 0.266 e. The number of carbonyl (C=O) groups is 1. The Morgan fingerprint density at radius 1 is 1.18 bits per heavy atom. The highest BCUT2D eigenvalue weighted by Gasteiger charge is 2.32. The number of aryl methyl sites for hydroxylation is 1. The van der Waals surface area contributed by atoms with Gasteiger partial charge in [0.1, 0.15) is 0 Å². The van der Waals surface area contributed by atoms with Crippen LogP contribution >= 0.6 is 11.8 Å². The van der Waals surface area contributed by atoms with E-state index < -0.39 is 9.84 Å². The van der Waals surface area contributed by atoms with Gasteiger partial charge in [-0.05, 0) is 49.1 Å². The second kappa shape index (κ2) is 10.3. The molecular weight excluding hydrogens is 470 g/mol. The third-order valence-corrected chi connectivity index (χ3v) is 8.91. The number of hydrogen-bond donors (Lipinski definition) is 0. The minimum atomic E-state index is -3.08. The highest BCUT2D eigenvalue weighted by Crippen LogP contribution is 2.24. The summed E-state index contributed by atoms with van der Waals surface area (Å²) in [5.41, 5.74) is 2.31. The summed E-state index contributed by atoms with van der Waals surface area (Å²) in [7, 11) is -1.44. The first-order chi connectivity index (χ1) is 16.3. The van der Waals surface area contributed by atoms with E-state index in [2.05, 4.69) is 6.92 Å². The summed E-state index contributed by atoms with van der Waals surface area (Å²) in [6.45, 7) is 2.16. The van der Waals surface area contributed by atoms with Gasteiger partial charge in [0.2, 0.25) is 5.91 Å². The van der Waals surface area contributed by atoms with E-state index in [1.807, 2.05) is 36.4 Å². The van der Waals surface area contributed by atoms with Crippen molar-refractivity contribution < 1.29 is 13.2 Å². The Bertz CT molecular complexity index is 1350. The lowest BCUT2D eigenvalue weighted by atomic mass is 10.1. The molecule has 7 nitrogen and oxygen atoms in total. The molecule has 2 aromatic carbocycles. The molecule has 0 N–H and O–H groups in total. The normalized spacial score (nSPS) is 17.2. The minimum Gasteiger partial charge on any atom is -0.341 e. The standard InChI is InChI=1S/C25H29N3O4S2/c1-3-4-7-18-10-12-19(13-11-18)28-24(30)21-8-5-6-9-22(21)26-25(28)33-16-23(29)27(2)20-14-15-34(31,32)17-20/h5-6,8-13,20H,3-4,7,14-17H2,1-2H3. The number of unbranched alkanes of at least 4 members (excludes halogenated alkanes) is 1. The smallest absolute Gasteiger partial charge is 0.266 e. The van der Waals surface area contributed by atoms with Gasteiger partial charge in [-0.2, -0.15) is 0 Å². The lowest BCUT2D eigenvalue weighted by molar-refractivity contribution is -0.128. The molecule has 0 bridgehead atoms. The average molecular weight is 500 g/mol. The largest absolute Gasteiger partial charge is 0.341 e. The molecule has 2 heterocycles. The van der Waals surface area contributed by atoms with Gasteiger partial charge in [-0.25, -0.2) is 13.4 Å². The monoisotopic (exact) mass is 499 g/mol. The molecule has 180 valence electrons. The number of carbonyl (C=O) groups excluding carboxylic acids is 1. The van der Waals surface area contributed by atoms with Crippen molar-refractivity contribution in [3.63, 3.8) is 0 Å². The molecule has 1 aliphatic rings. The van der Waals surface area contributed by atoms with Gasteiger partial charge in [0, 0.05) is 13.1 Å². The Hall–Kier alpha value is -2.65. The van der Waals surface area contributed by atoms with Gasteiger partial charge in [-0.3, -0.25) is 14.2 Å². The molecule has 0 spiro atoms. The van der Waals surface area contributed by atoms with Crippen molar-refractivity contribution in [2.75, 3.05) is 24.3 Å². The molecule has 0 aliphatic carbocycles. The molecule has 1 fully saturated rings. The maximum absolute atomic E-state index is 13.4. The number of nitrogens with zero attached hydrogens (tertiary/aromatic N) is 3. The van der Waals surface area contributed by atoms with E-state index in [0.717, 1.165) is 19.3 Å². The van der Waals surface area contributed by atoms with E-state index in [-0.39, 0.29) is 34.8 Å². The molecule has 1 atom stereocenters. The van der Waals surface area contributed by atoms with Crippen LogP contribution in [0.1, 0.15) is 31.7 Å². The van der Waals surface area contributed by atoms with Crippen molar-refractivity contribution in [1.29, 1.82) is 0 Å². The van der Waals surface area contributed by atoms with Crippen molar-refractivity contribution in [3.8, 4) is 5.69 Å². The Balaban J connectivity index is 1.62. The second-order valence-corrected chi connectivity index (χ2v) is 11.8. The zero-order valence-corrected chi connectivity index (χ0v) is 21.1. The van der Waals surface area contributed by atoms with Crippen molar-refractivity contribution in [1.82, 2.24) is 14.5 Å². The molecule has 1 aromatic heterocycles. The number of benzene rings is 2. The highest BCUT2D eigenvalue weighted by molar-refractivity contribution is 7.99. The fourth-order valence-electron chi connectivity index (χ4n) is 4.14. The van der Waals surface area contributed by atoms with Crippen molar-refractivity contribution >= 4 is 38.4 Å². The second-order valence-electron chi connectivity index (χ2n) is 8.67. The lowest BCUT2D eigenvalue weighted by Crippen LogP contribution is -2.39. The quantitative estimate of drug-likeness (QED) is 0.348. The van der Waals surface area contributed by atoms with Gasteiger partial charge < -0.3 is 4.90 Å². The zero-order chi connectivity index (χ0) is 24.3. The van der Waals surface area contributed by atoms with Gasteiger partial charge in [0.05, 0.1) is 33.8 Å². The molecule has 3 aromatic rings. The van der Waals surface area contributed by atoms with Crippen LogP contribution in [0, 0.1) is 0 Å². The molecule has 9 heteroatoms. The Morgan fingerprint density at radius 3 is 2.59 bits per heavy atom. The van der Waals surface area contributed by atoms with Crippen molar-refractivity contribution in [2.45, 2.75) is 43.8 Å². The first-order valence-corrected chi connectivity index (χ1v) is 14.3. The van der Waals surface area contributed by atoms with Crippen LogP contribution in [0.4, 0.5) is 0 Å². The first-order valence-electron chi connectivity index (χ1n) is 11.5. The summed E-state index contributed by atoms with van der Waals surface area (Å²) >= 11 is 1.20. The maximum atomic E-state index is 13.4. The van der Waals surface area contributed by atoms with Crippen LogP contribution in [-0.2, 0) is 21.1 Å². The SMILES string of the molecule is CCCCc1ccc(-n2c(SCC(=O)N(C)C3CCS(=O)(=O)C3)nc3ccccc3c2=O)cc1. The third-order valence-electron chi connectivity index (χ3n) is 6.23. The van der Waals surface area contributed by atoms with Crippen LogP contribution in [0.25, 0.3) is 16.6 Å². The van der Waals surface area contributed by atoms with E-state index in [9.17, 15) is 18.0 Å². The molecule has 0 radical (unpaired) electrons.